The molecular weight excluding hydrogens is 299 g/mol. The summed E-state index contributed by atoms with van der Waals surface area (Å²) in [6, 6.07) is 2.17. The Labute approximate surface area is 132 Å². The molecule has 8 heteroatoms. The zero-order valence-corrected chi connectivity index (χ0v) is 12.9. The van der Waals surface area contributed by atoms with Gasteiger partial charge in [-0.1, -0.05) is 0 Å². The molecule has 0 aliphatic heterocycles. The minimum Gasteiger partial charge on any atom is -0.473 e. The van der Waals surface area contributed by atoms with Crippen molar-refractivity contribution in [2.45, 2.75) is 25.0 Å². The van der Waals surface area contributed by atoms with E-state index >= 15 is 0 Å². The van der Waals surface area contributed by atoms with Crippen molar-refractivity contribution in [3.05, 3.63) is 30.6 Å². The van der Waals surface area contributed by atoms with E-state index in [1.54, 1.807) is 30.2 Å². The Balaban J connectivity index is 1.74. The summed E-state index contributed by atoms with van der Waals surface area (Å²) in [6.45, 7) is 0. The highest BCUT2D eigenvalue weighted by atomic mass is 19.1. The Kier molecular flexibility index (Phi) is 3.26. The molecule has 0 unspecified atom stereocenters. The van der Waals surface area contributed by atoms with Crippen molar-refractivity contribution in [2.75, 3.05) is 7.05 Å². The summed E-state index contributed by atoms with van der Waals surface area (Å²) in [6.07, 6.45) is 6.74. The highest BCUT2D eigenvalue weighted by Gasteiger charge is 2.31. The molecule has 0 aromatic carbocycles. The van der Waals surface area contributed by atoms with Crippen LogP contribution < -0.4 is 10.1 Å². The van der Waals surface area contributed by atoms with Crippen LogP contribution in [0.15, 0.2) is 24.7 Å². The Bertz CT molecular complexity index is 851. The van der Waals surface area contributed by atoms with E-state index in [0.717, 1.165) is 12.8 Å². The molecule has 1 saturated carbocycles. The molecule has 3 heterocycles. The highest BCUT2D eigenvalue weighted by Crippen LogP contribution is 2.30. The largest absolute Gasteiger partial charge is 0.473 e. The minimum atomic E-state index is -0.521. The number of nitrogens with zero attached hydrogens (tertiary/aromatic N) is 5. The van der Waals surface area contributed by atoms with Crippen molar-refractivity contribution in [1.29, 1.82) is 0 Å². The van der Waals surface area contributed by atoms with Crippen LogP contribution in [-0.2, 0) is 7.05 Å². The second kappa shape index (κ2) is 5.31. The molecule has 0 bridgehead atoms. The molecule has 1 aliphatic rings. The van der Waals surface area contributed by atoms with Gasteiger partial charge in [0.05, 0.1) is 12.4 Å². The van der Waals surface area contributed by atoms with Crippen molar-refractivity contribution < 1.29 is 9.13 Å². The lowest BCUT2D eigenvalue weighted by Gasteiger charge is -2.34. The van der Waals surface area contributed by atoms with Gasteiger partial charge in [-0.3, -0.25) is 4.68 Å². The SMILES string of the molecule is CN[C@H]1C[C@@H](Oc2nc(-c3cnn(C)c3)c(F)n3nccc23)C1. The van der Waals surface area contributed by atoms with Gasteiger partial charge in [0.25, 0.3) is 0 Å². The molecule has 1 fully saturated rings. The van der Waals surface area contributed by atoms with Gasteiger partial charge >= 0.3 is 0 Å². The summed E-state index contributed by atoms with van der Waals surface area (Å²) in [4.78, 5) is 4.40. The minimum absolute atomic E-state index is 0.0888. The molecule has 1 N–H and O–H groups in total. The van der Waals surface area contributed by atoms with E-state index in [1.165, 1.54) is 10.7 Å². The first-order chi connectivity index (χ1) is 11.2. The number of fused-ring (bicyclic) bond motifs is 1. The fourth-order valence-corrected chi connectivity index (χ4v) is 2.80. The molecule has 7 nitrogen and oxygen atoms in total. The molecule has 0 atom stereocenters. The first-order valence-corrected chi connectivity index (χ1v) is 7.52. The lowest BCUT2D eigenvalue weighted by molar-refractivity contribution is 0.0850. The quantitative estimate of drug-likeness (QED) is 0.788. The predicted octanol–water partition coefficient (Wildman–Crippen LogP) is 1.40. The van der Waals surface area contributed by atoms with Gasteiger partial charge in [0.15, 0.2) is 0 Å². The lowest BCUT2D eigenvalue weighted by atomic mass is 9.89. The van der Waals surface area contributed by atoms with Crippen LogP contribution in [0.3, 0.4) is 0 Å². The highest BCUT2D eigenvalue weighted by molar-refractivity contribution is 5.64. The van der Waals surface area contributed by atoms with Gasteiger partial charge in [-0.2, -0.15) is 19.1 Å². The Morgan fingerprint density at radius 1 is 1.35 bits per heavy atom. The van der Waals surface area contributed by atoms with Crippen LogP contribution in [0.4, 0.5) is 4.39 Å². The predicted molar refractivity (Wildman–Crippen MR) is 81.6 cm³/mol. The number of ether oxygens (including phenoxy) is 1. The Hall–Kier alpha value is -2.48. The zero-order valence-electron chi connectivity index (χ0n) is 12.9. The number of hydrogen-bond acceptors (Lipinski definition) is 5. The van der Waals surface area contributed by atoms with Crippen molar-refractivity contribution in [3.63, 3.8) is 0 Å². The van der Waals surface area contributed by atoms with Crippen molar-refractivity contribution >= 4 is 5.52 Å². The number of halogens is 1. The van der Waals surface area contributed by atoms with Gasteiger partial charge in [-0.15, -0.1) is 0 Å². The summed E-state index contributed by atoms with van der Waals surface area (Å²) in [5, 5.41) is 11.3. The molecule has 0 radical (unpaired) electrons. The van der Waals surface area contributed by atoms with Crippen LogP contribution in [0.25, 0.3) is 16.8 Å². The van der Waals surface area contributed by atoms with E-state index in [2.05, 4.69) is 20.5 Å². The molecule has 0 amide bonds. The van der Waals surface area contributed by atoms with Crippen LogP contribution in [0, 0.1) is 5.95 Å². The summed E-state index contributed by atoms with van der Waals surface area (Å²) in [5.74, 6) is -0.116. The molecule has 3 aromatic heterocycles. The number of nitrogens with one attached hydrogen (secondary N) is 1. The maximum Gasteiger partial charge on any atom is 0.241 e. The molecular formula is C15H17FN6O. The molecule has 120 valence electrons. The summed E-state index contributed by atoms with van der Waals surface area (Å²) >= 11 is 0. The second-order valence-electron chi connectivity index (χ2n) is 5.78. The summed E-state index contributed by atoms with van der Waals surface area (Å²) < 4.78 is 23.5. The lowest BCUT2D eigenvalue weighted by Crippen LogP contribution is -2.45. The number of aryl methyl sites for hydroxylation is 1. The monoisotopic (exact) mass is 316 g/mol. The maximum atomic E-state index is 14.7. The van der Waals surface area contributed by atoms with E-state index in [9.17, 15) is 4.39 Å². The smallest absolute Gasteiger partial charge is 0.241 e. The molecule has 0 saturated heterocycles. The Morgan fingerprint density at radius 2 is 2.17 bits per heavy atom. The van der Waals surface area contributed by atoms with Crippen molar-refractivity contribution in [1.82, 2.24) is 29.7 Å². The third-order valence-corrected chi connectivity index (χ3v) is 4.22. The number of hydrogen-bond donors (Lipinski definition) is 1. The standard InChI is InChI=1S/C15H17FN6O/c1-17-10-5-11(6-10)23-15-12-3-4-18-22(12)14(16)13(20-15)9-7-19-21(2)8-9/h3-4,7-8,10-11,17H,5-6H2,1-2H3/t10-,11+. The first-order valence-electron chi connectivity index (χ1n) is 7.52. The molecule has 1 aliphatic carbocycles. The van der Waals surface area contributed by atoms with E-state index in [4.69, 9.17) is 4.74 Å². The van der Waals surface area contributed by atoms with Gasteiger partial charge in [0.1, 0.15) is 17.3 Å². The third kappa shape index (κ3) is 2.35. The van der Waals surface area contributed by atoms with Crippen molar-refractivity contribution in [3.8, 4) is 17.1 Å². The van der Waals surface area contributed by atoms with Gasteiger partial charge < -0.3 is 10.1 Å². The number of aromatic nitrogens is 5. The summed E-state index contributed by atoms with van der Waals surface area (Å²) in [5.41, 5.74) is 1.31. The fourth-order valence-electron chi connectivity index (χ4n) is 2.80. The van der Waals surface area contributed by atoms with Gasteiger partial charge in [0.2, 0.25) is 11.8 Å². The van der Waals surface area contributed by atoms with Crippen LogP contribution in [0.2, 0.25) is 0 Å². The van der Waals surface area contributed by atoms with Crippen LogP contribution in [-0.4, -0.2) is 43.6 Å². The van der Waals surface area contributed by atoms with E-state index in [0.29, 0.717) is 23.0 Å². The van der Waals surface area contributed by atoms with E-state index in [-0.39, 0.29) is 11.8 Å². The average Bonchev–Trinajstić information content (AvgIpc) is 3.13. The Morgan fingerprint density at radius 3 is 2.87 bits per heavy atom. The summed E-state index contributed by atoms with van der Waals surface area (Å²) in [7, 11) is 3.71. The normalized spacial score (nSPS) is 20.7. The first kappa shape index (κ1) is 14.1. The average molecular weight is 316 g/mol. The van der Waals surface area contributed by atoms with Crippen LogP contribution in [0.1, 0.15) is 12.8 Å². The van der Waals surface area contributed by atoms with E-state index in [1.807, 2.05) is 7.05 Å². The van der Waals surface area contributed by atoms with Crippen LogP contribution in [0.5, 0.6) is 5.88 Å². The fraction of sp³-hybridized carbons (Fsp3) is 0.400. The zero-order chi connectivity index (χ0) is 16.0. The van der Waals surface area contributed by atoms with Crippen molar-refractivity contribution in [2.24, 2.45) is 7.05 Å². The molecule has 23 heavy (non-hydrogen) atoms. The maximum absolute atomic E-state index is 14.7. The second-order valence-corrected chi connectivity index (χ2v) is 5.78. The molecule has 3 aromatic rings. The van der Waals surface area contributed by atoms with Gasteiger partial charge in [0, 0.05) is 24.8 Å². The van der Waals surface area contributed by atoms with E-state index < -0.39 is 5.95 Å². The number of rotatable bonds is 4. The third-order valence-electron chi connectivity index (χ3n) is 4.22. The van der Waals surface area contributed by atoms with Gasteiger partial charge in [-0.05, 0) is 26.0 Å². The topological polar surface area (TPSA) is 69.3 Å². The van der Waals surface area contributed by atoms with Gasteiger partial charge in [-0.25, -0.2) is 4.98 Å². The molecule has 0 spiro atoms. The van der Waals surface area contributed by atoms with Crippen LogP contribution >= 0.6 is 0 Å². The molecule has 4 rings (SSSR count).